The highest BCUT2D eigenvalue weighted by atomic mass is 35.5. The van der Waals surface area contributed by atoms with Crippen molar-refractivity contribution in [2.24, 2.45) is 0 Å². The van der Waals surface area contributed by atoms with Gasteiger partial charge in [-0.3, -0.25) is 4.79 Å². The standard InChI is InChI=1S/C20H17ClN4OS4/c1-12(18-22-15-5-3-4-6-16(15)29-18)24(2)17(26)11-28-19-23-25(20(27)30-19)14-9-7-13(21)8-10-14/h3-10,12H,11H2,1-2H3/t12-/m1/s1. The summed E-state index contributed by atoms with van der Waals surface area (Å²) >= 11 is 15.8. The summed E-state index contributed by atoms with van der Waals surface area (Å²) in [5.41, 5.74) is 1.81. The predicted octanol–water partition coefficient (Wildman–Crippen LogP) is 6.24. The highest BCUT2D eigenvalue weighted by Gasteiger charge is 2.21. The van der Waals surface area contributed by atoms with Gasteiger partial charge in [-0.05, 0) is 55.5 Å². The maximum Gasteiger partial charge on any atom is 0.233 e. The molecular formula is C20H17ClN4OS4. The number of benzene rings is 2. The van der Waals surface area contributed by atoms with Gasteiger partial charge >= 0.3 is 0 Å². The number of thiazole rings is 1. The summed E-state index contributed by atoms with van der Waals surface area (Å²) < 4.78 is 4.20. The van der Waals surface area contributed by atoms with Gasteiger partial charge in [-0.1, -0.05) is 46.8 Å². The normalized spacial score (nSPS) is 12.2. The van der Waals surface area contributed by atoms with Crippen molar-refractivity contribution in [3.8, 4) is 5.69 Å². The Morgan fingerprint density at radius 2 is 1.97 bits per heavy atom. The van der Waals surface area contributed by atoms with E-state index < -0.39 is 0 Å². The number of para-hydroxylation sites is 1. The number of carbonyl (C=O) groups excluding carboxylic acids is 1. The van der Waals surface area contributed by atoms with Gasteiger partial charge in [-0.25, -0.2) is 9.67 Å². The second kappa shape index (κ2) is 9.15. The first kappa shape index (κ1) is 21.5. The van der Waals surface area contributed by atoms with Crippen molar-refractivity contribution in [2.45, 2.75) is 17.3 Å². The van der Waals surface area contributed by atoms with Crippen molar-refractivity contribution < 1.29 is 4.79 Å². The van der Waals surface area contributed by atoms with E-state index >= 15 is 0 Å². The number of thioether (sulfide) groups is 1. The first-order valence-electron chi connectivity index (χ1n) is 9.02. The minimum Gasteiger partial charge on any atom is -0.336 e. The van der Waals surface area contributed by atoms with E-state index in [0.717, 1.165) is 25.3 Å². The Labute approximate surface area is 196 Å². The molecule has 0 fully saturated rings. The third-order valence-electron chi connectivity index (χ3n) is 4.56. The fourth-order valence-electron chi connectivity index (χ4n) is 2.74. The highest BCUT2D eigenvalue weighted by Crippen LogP contribution is 2.30. The molecule has 0 spiro atoms. The maximum atomic E-state index is 12.8. The molecule has 2 aromatic carbocycles. The van der Waals surface area contributed by atoms with Crippen LogP contribution >= 0.6 is 58.3 Å². The van der Waals surface area contributed by atoms with Crippen LogP contribution in [-0.4, -0.2) is 38.4 Å². The number of carbonyl (C=O) groups is 1. The zero-order valence-corrected chi connectivity index (χ0v) is 20.1. The summed E-state index contributed by atoms with van der Waals surface area (Å²) in [5, 5.41) is 6.13. The molecule has 5 nitrogen and oxygen atoms in total. The number of amides is 1. The molecule has 0 radical (unpaired) electrons. The Kier molecular flexibility index (Phi) is 6.54. The van der Waals surface area contributed by atoms with E-state index in [0.29, 0.717) is 8.98 Å². The van der Waals surface area contributed by atoms with E-state index in [-0.39, 0.29) is 17.7 Å². The number of rotatable bonds is 6. The van der Waals surface area contributed by atoms with Crippen LogP contribution in [0, 0.1) is 3.95 Å². The molecule has 4 aromatic rings. The van der Waals surface area contributed by atoms with Gasteiger partial charge in [0.1, 0.15) is 5.01 Å². The summed E-state index contributed by atoms with van der Waals surface area (Å²) in [5.74, 6) is 0.306. The number of fused-ring (bicyclic) bond motifs is 1. The van der Waals surface area contributed by atoms with Crippen molar-refractivity contribution >= 4 is 74.4 Å². The Hall–Kier alpha value is -1.78. The van der Waals surface area contributed by atoms with Crippen molar-refractivity contribution in [3.05, 3.63) is 62.5 Å². The largest absolute Gasteiger partial charge is 0.336 e. The lowest BCUT2D eigenvalue weighted by atomic mass is 10.3. The second-order valence-corrected chi connectivity index (χ2v) is 10.9. The first-order chi connectivity index (χ1) is 14.4. The van der Waals surface area contributed by atoms with Gasteiger partial charge in [0.05, 0.1) is 27.7 Å². The quantitative estimate of drug-likeness (QED) is 0.235. The van der Waals surface area contributed by atoms with Gasteiger partial charge in [0.2, 0.25) is 5.91 Å². The summed E-state index contributed by atoms with van der Waals surface area (Å²) in [6, 6.07) is 15.2. The molecule has 0 saturated carbocycles. The lowest BCUT2D eigenvalue weighted by molar-refractivity contribution is -0.128. The molecule has 0 aliphatic heterocycles. The Balaban J connectivity index is 1.42. The Bertz CT molecular complexity index is 1210. The minimum absolute atomic E-state index is 0.0194. The van der Waals surface area contributed by atoms with Gasteiger partial charge in [0.25, 0.3) is 0 Å². The predicted molar refractivity (Wildman–Crippen MR) is 129 cm³/mol. The van der Waals surface area contributed by atoms with Crippen LogP contribution in [0.4, 0.5) is 0 Å². The lowest BCUT2D eigenvalue weighted by Crippen LogP contribution is -2.31. The lowest BCUT2D eigenvalue weighted by Gasteiger charge is -2.22. The van der Waals surface area contributed by atoms with E-state index in [1.54, 1.807) is 33.1 Å². The topological polar surface area (TPSA) is 51.0 Å². The number of aromatic nitrogens is 3. The van der Waals surface area contributed by atoms with Crippen LogP contribution in [-0.2, 0) is 4.79 Å². The Morgan fingerprint density at radius 1 is 1.23 bits per heavy atom. The molecule has 2 heterocycles. The summed E-state index contributed by atoms with van der Waals surface area (Å²) in [4.78, 5) is 19.2. The summed E-state index contributed by atoms with van der Waals surface area (Å²) in [6.45, 7) is 2.00. The highest BCUT2D eigenvalue weighted by molar-refractivity contribution is 8.01. The van der Waals surface area contributed by atoms with Gasteiger partial charge in [-0.15, -0.1) is 16.4 Å². The zero-order valence-electron chi connectivity index (χ0n) is 16.1. The van der Waals surface area contributed by atoms with Crippen molar-refractivity contribution in [1.29, 1.82) is 0 Å². The monoisotopic (exact) mass is 492 g/mol. The zero-order chi connectivity index (χ0) is 21.3. The van der Waals surface area contributed by atoms with E-state index in [2.05, 4.69) is 10.1 Å². The van der Waals surface area contributed by atoms with Gasteiger partial charge < -0.3 is 4.90 Å². The van der Waals surface area contributed by atoms with Crippen LogP contribution in [0.2, 0.25) is 5.02 Å². The van der Waals surface area contributed by atoms with Crippen LogP contribution in [0.15, 0.2) is 52.9 Å². The number of nitrogens with zero attached hydrogens (tertiary/aromatic N) is 4. The van der Waals surface area contributed by atoms with Crippen LogP contribution in [0.25, 0.3) is 15.9 Å². The SMILES string of the molecule is C[C@H](c1nc2ccccc2s1)N(C)C(=O)CSc1nn(-c2ccc(Cl)cc2)c(=S)s1. The molecule has 4 rings (SSSR count). The molecule has 0 N–H and O–H groups in total. The molecule has 10 heteroatoms. The molecule has 0 aliphatic carbocycles. The molecule has 154 valence electrons. The smallest absolute Gasteiger partial charge is 0.233 e. The third kappa shape index (κ3) is 4.60. The number of hydrogen-bond acceptors (Lipinski definition) is 7. The molecule has 0 saturated heterocycles. The van der Waals surface area contributed by atoms with Gasteiger partial charge in [0.15, 0.2) is 8.29 Å². The molecule has 0 unspecified atom stereocenters. The molecule has 0 bridgehead atoms. The van der Waals surface area contributed by atoms with Crippen molar-refractivity contribution in [1.82, 2.24) is 19.7 Å². The van der Waals surface area contributed by atoms with E-state index in [9.17, 15) is 4.79 Å². The van der Waals surface area contributed by atoms with Crippen LogP contribution in [0.5, 0.6) is 0 Å². The summed E-state index contributed by atoms with van der Waals surface area (Å²) in [7, 11) is 1.81. The van der Waals surface area contributed by atoms with Gasteiger partial charge in [-0.2, -0.15) is 0 Å². The van der Waals surface area contributed by atoms with Crippen LogP contribution in [0.1, 0.15) is 18.0 Å². The van der Waals surface area contributed by atoms with E-state index in [1.165, 1.54) is 23.1 Å². The third-order valence-corrected chi connectivity index (χ3v) is 8.37. The van der Waals surface area contributed by atoms with E-state index in [1.807, 2.05) is 50.4 Å². The van der Waals surface area contributed by atoms with Crippen LogP contribution in [0.3, 0.4) is 0 Å². The summed E-state index contributed by atoms with van der Waals surface area (Å²) in [6.07, 6.45) is 0. The maximum absolute atomic E-state index is 12.8. The Morgan fingerprint density at radius 3 is 2.70 bits per heavy atom. The average molecular weight is 493 g/mol. The second-order valence-electron chi connectivity index (χ2n) is 6.51. The first-order valence-corrected chi connectivity index (χ1v) is 12.4. The fraction of sp³-hybridized carbons (Fsp3) is 0.200. The number of halogens is 1. The van der Waals surface area contributed by atoms with Crippen LogP contribution < -0.4 is 0 Å². The van der Waals surface area contributed by atoms with Crippen molar-refractivity contribution in [3.63, 3.8) is 0 Å². The van der Waals surface area contributed by atoms with Crippen molar-refractivity contribution in [2.75, 3.05) is 12.8 Å². The molecule has 30 heavy (non-hydrogen) atoms. The van der Waals surface area contributed by atoms with E-state index in [4.69, 9.17) is 23.8 Å². The number of hydrogen-bond donors (Lipinski definition) is 0. The minimum atomic E-state index is -0.0969. The molecule has 2 aromatic heterocycles. The molecule has 1 amide bonds. The fourth-order valence-corrected chi connectivity index (χ4v) is 6.21. The molecular weight excluding hydrogens is 476 g/mol. The molecule has 0 aliphatic rings. The average Bonchev–Trinajstić information content (AvgIpc) is 3.35. The van der Waals surface area contributed by atoms with Gasteiger partial charge in [0, 0.05) is 12.1 Å². The molecule has 1 atom stereocenters.